The number of halogens is 1. The fourth-order valence-corrected chi connectivity index (χ4v) is 2.23. The Balaban J connectivity index is 2.16. The van der Waals surface area contributed by atoms with Gasteiger partial charge in [0.2, 0.25) is 0 Å². The third kappa shape index (κ3) is 3.57. The van der Waals surface area contributed by atoms with Crippen LogP contribution in [0.1, 0.15) is 48.7 Å². The molecule has 0 unspecified atom stereocenters. The van der Waals surface area contributed by atoms with E-state index in [0.717, 1.165) is 6.42 Å². The molecule has 2 aromatic carbocycles. The van der Waals surface area contributed by atoms with Gasteiger partial charge in [-0.05, 0) is 29.0 Å². The third-order valence-electron chi connectivity index (χ3n) is 4.18. The lowest BCUT2D eigenvalue weighted by atomic mass is 9.82. The van der Waals surface area contributed by atoms with E-state index in [9.17, 15) is 9.18 Å². The molecule has 1 nitrogen and oxygen atoms in total. The predicted molar refractivity (Wildman–Crippen MR) is 84.2 cm³/mol. The van der Waals surface area contributed by atoms with E-state index >= 15 is 0 Å². The van der Waals surface area contributed by atoms with E-state index in [0.29, 0.717) is 11.1 Å². The van der Waals surface area contributed by atoms with Gasteiger partial charge in [0.05, 0.1) is 0 Å². The molecule has 2 heteroatoms. The van der Waals surface area contributed by atoms with Gasteiger partial charge in [-0.1, -0.05) is 63.2 Å². The maximum Gasteiger partial charge on any atom is 0.167 e. The van der Waals surface area contributed by atoms with Crippen LogP contribution < -0.4 is 0 Å². The maximum absolute atomic E-state index is 13.6. The minimum atomic E-state index is -0.324. The number of carbonyl (C=O) groups excluding carboxylic acids is 1. The molecule has 0 amide bonds. The van der Waals surface area contributed by atoms with Crippen molar-refractivity contribution in [1.82, 2.24) is 0 Å². The van der Waals surface area contributed by atoms with Crippen molar-refractivity contribution in [3.05, 3.63) is 71.0 Å². The van der Waals surface area contributed by atoms with E-state index in [2.05, 4.69) is 20.8 Å². The molecule has 0 heterocycles. The highest BCUT2D eigenvalue weighted by Crippen LogP contribution is 2.26. The number of hydrogen-bond acceptors (Lipinski definition) is 1. The van der Waals surface area contributed by atoms with Crippen molar-refractivity contribution < 1.29 is 9.18 Å². The highest BCUT2D eigenvalue weighted by Gasteiger charge is 2.18. The van der Waals surface area contributed by atoms with Gasteiger partial charge in [-0.25, -0.2) is 4.39 Å². The lowest BCUT2D eigenvalue weighted by Crippen LogP contribution is -2.15. The van der Waals surface area contributed by atoms with Crippen molar-refractivity contribution in [3.8, 4) is 0 Å². The summed E-state index contributed by atoms with van der Waals surface area (Å²) in [6.45, 7) is 6.52. The molecule has 0 aliphatic rings. The Hall–Kier alpha value is -1.96. The number of rotatable bonds is 5. The van der Waals surface area contributed by atoms with Crippen molar-refractivity contribution in [1.29, 1.82) is 0 Å². The van der Waals surface area contributed by atoms with Gasteiger partial charge >= 0.3 is 0 Å². The van der Waals surface area contributed by atoms with Gasteiger partial charge in [0.1, 0.15) is 5.82 Å². The topological polar surface area (TPSA) is 17.1 Å². The predicted octanol–water partition coefficient (Wildman–Crippen LogP) is 4.94. The van der Waals surface area contributed by atoms with E-state index in [1.165, 1.54) is 11.6 Å². The van der Waals surface area contributed by atoms with Crippen molar-refractivity contribution >= 4 is 5.78 Å². The lowest BCUT2D eigenvalue weighted by Gasteiger charge is -2.23. The van der Waals surface area contributed by atoms with Gasteiger partial charge in [0.25, 0.3) is 0 Å². The molecule has 21 heavy (non-hydrogen) atoms. The molecule has 0 saturated carbocycles. The smallest absolute Gasteiger partial charge is 0.167 e. The second-order valence-corrected chi connectivity index (χ2v) is 6.01. The first-order valence-corrected chi connectivity index (χ1v) is 7.31. The molecule has 110 valence electrons. The minimum absolute atomic E-state index is 0.0547. The van der Waals surface area contributed by atoms with Gasteiger partial charge < -0.3 is 0 Å². The highest BCUT2D eigenvalue weighted by atomic mass is 19.1. The maximum atomic E-state index is 13.6. The second-order valence-electron chi connectivity index (χ2n) is 6.01. The zero-order valence-corrected chi connectivity index (χ0v) is 12.8. The average molecular weight is 284 g/mol. The largest absolute Gasteiger partial charge is 0.294 e. The molecule has 0 atom stereocenters. The Kier molecular flexibility index (Phi) is 4.56. The molecular weight excluding hydrogens is 263 g/mol. The van der Waals surface area contributed by atoms with E-state index in [-0.39, 0.29) is 23.4 Å². The quantitative estimate of drug-likeness (QED) is 0.711. The Bertz CT molecular complexity index is 626. The van der Waals surface area contributed by atoms with Crippen LogP contribution in [-0.2, 0) is 11.8 Å². The van der Waals surface area contributed by atoms with Gasteiger partial charge in [0, 0.05) is 12.0 Å². The average Bonchev–Trinajstić information content (AvgIpc) is 2.49. The molecule has 0 radical (unpaired) electrons. The van der Waals surface area contributed by atoms with Crippen LogP contribution in [0.3, 0.4) is 0 Å². The molecule has 2 rings (SSSR count). The first-order chi connectivity index (χ1) is 9.94. The molecule has 0 saturated heterocycles. The van der Waals surface area contributed by atoms with Crippen molar-refractivity contribution in [3.63, 3.8) is 0 Å². The van der Waals surface area contributed by atoms with Gasteiger partial charge in [-0.15, -0.1) is 0 Å². The molecular formula is C19H21FO. The SMILES string of the molecule is CCC(C)(C)c1ccc(C(=O)Cc2ccccc2F)cc1. The van der Waals surface area contributed by atoms with Gasteiger partial charge in [-0.2, -0.15) is 0 Å². The molecule has 0 fully saturated rings. The summed E-state index contributed by atoms with van der Waals surface area (Å²) >= 11 is 0. The lowest BCUT2D eigenvalue weighted by molar-refractivity contribution is 0.0992. The van der Waals surface area contributed by atoms with Crippen LogP contribution in [-0.4, -0.2) is 5.78 Å². The fraction of sp³-hybridized carbons (Fsp3) is 0.316. The number of carbonyl (C=O) groups is 1. The Labute approximate surface area is 125 Å². The summed E-state index contributed by atoms with van der Waals surface area (Å²) < 4.78 is 13.6. The zero-order chi connectivity index (χ0) is 15.5. The Morgan fingerprint density at radius 3 is 2.24 bits per heavy atom. The minimum Gasteiger partial charge on any atom is -0.294 e. The number of hydrogen-bond donors (Lipinski definition) is 0. The zero-order valence-electron chi connectivity index (χ0n) is 12.8. The fourth-order valence-electron chi connectivity index (χ4n) is 2.23. The van der Waals surface area contributed by atoms with Crippen molar-refractivity contribution in [2.75, 3.05) is 0 Å². The van der Waals surface area contributed by atoms with E-state index in [1.807, 2.05) is 24.3 Å². The van der Waals surface area contributed by atoms with E-state index < -0.39 is 0 Å². The molecule has 2 aromatic rings. The van der Waals surface area contributed by atoms with Crippen LogP contribution in [0.4, 0.5) is 4.39 Å². The summed E-state index contributed by atoms with van der Waals surface area (Å²) in [4.78, 5) is 12.2. The van der Waals surface area contributed by atoms with Gasteiger partial charge in [0.15, 0.2) is 5.78 Å². The molecule has 0 spiro atoms. The van der Waals surface area contributed by atoms with E-state index in [1.54, 1.807) is 18.2 Å². The summed E-state index contributed by atoms with van der Waals surface area (Å²) in [5.41, 5.74) is 2.40. The monoisotopic (exact) mass is 284 g/mol. The first kappa shape index (κ1) is 15.4. The molecule has 0 N–H and O–H groups in total. The number of ketones is 1. The summed E-state index contributed by atoms with van der Waals surface area (Å²) in [6, 6.07) is 14.1. The molecule has 0 aliphatic heterocycles. The van der Waals surface area contributed by atoms with Crippen molar-refractivity contribution in [2.45, 2.75) is 39.0 Å². The normalized spacial score (nSPS) is 11.4. The van der Waals surface area contributed by atoms with Crippen LogP contribution in [0, 0.1) is 5.82 Å². The third-order valence-corrected chi connectivity index (χ3v) is 4.18. The van der Waals surface area contributed by atoms with Crippen LogP contribution >= 0.6 is 0 Å². The summed E-state index contributed by atoms with van der Waals surface area (Å²) in [7, 11) is 0. The molecule has 0 aromatic heterocycles. The van der Waals surface area contributed by atoms with Crippen LogP contribution in [0.2, 0.25) is 0 Å². The Morgan fingerprint density at radius 2 is 1.67 bits per heavy atom. The summed E-state index contributed by atoms with van der Waals surface area (Å²) in [5, 5.41) is 0. The Morgan fingerprint density at radius 1 is 1.05 bits per heavy atom. The van der Waals surface area contributed by atoms with Crippen molar-refractivity contribution in [2.24, 2.45) is 0 Å². The summed E-state index contributed by atoms with van der Waals surface area (Å²) in [5.74, 6) is -0.379. The molecule has 0 aliphatic carbocycles. The molecule has 0 bridgehead atoms. The first-order valence-electron chi connectivity index (χ1n) is 7.31. The second kappa shape index (κ2) is 6.21. The van der Waals surface area contributed by atoms with E-state index in [4.69, 9.17) is 0 Å². The van der Waals surface area contributed by atoms with Crippen LogP contribution in [0.5, 0.6) is 0 Å². The highest BCUT2D eigenvalue weighted by molar-refractivity contribution is 5.97. The number of Topliss-reactive ketones (excluding diaryl/α,β-unsaturated/α-hetero) is 1. The van der Waals surface area contributed by atoms with Crippen LogP contribution in [0.15, 0.2) is 48.5 Å². The van der Waals surface area contributed by atoms with Gasteiger partial charge in [-0.3, -0.25) is 4.79 Å². The number of benzene rings is 2. The standard InChI is InChI=1S/C19H21FO/c1-4-19(2,3)16-11-9-14(10-12-16)18(21)13-15-7-5-6-8-17(15)20/h5-12H,4,13H2,1-3H3. The van der Waals surface area contributed by atoms with Crippen LogP contribution in [0.25, 0.3) is 0 Å². The summed E-state index contributed by atoms with van der Waals surface area (Å²) in [6.07, 6.45) is 1.14.